The first-order valence-electron chi connectivity index (χ1n) is 6.21. The number of aliphatic carboxylic acids is 1. The highest BCUT2D eigenvalue weighted by atomic mass is 79.9. The normalized spacial score (nSPS) is 13.6. The Labute approximate surface area is 121 Å². The molecule has 1 unspecified atom stereocenters. The molecule has 0 fully saturated rings. The molecule has 19 heavy (non-hydrogen) atoms. The van der Waals surface area contributed by atoms with E-state index in [1.165, 1.54) is 6.92 Å². The number of carboxylic acid groups (broad SMARTS) is 1. The molecule has 104 valence electrons. The average molecular weight is 328 g/mol. The Bertz CT molecular complexity index is 462. The molecule has 0 saturated heterocycles. The van der Waals surface area contributed by atoms with Crippen LogP contribution in [0.25, 0.3) is 0 Å². The number of hydrogen-bond acceptors (Lipinski definition) is 2. The van der Waals surface area contributed by atoms with E-state index in [0.717, 1.165) is 10.0 Å². The fraction of sp³-hybridized carbons (Fsp3) is 0.429. The summed E-state index contributed by atoms with van der Waals surface area (Å²) in [6.45, 7) is 3.39. The minimum Gasteiger partial charge on any atom is -0.480 e. The first-order valence-corrected chi connectivity index (χ1v) is 7.01. The van der Waals surface area contributed by atoms with E-state index < -0.39 is 12.0 Å². The maximum absolute atomic E-state index is 12.0. The fourth-order valence-corrected chi connectivity index (χ4v) is 2.21. The third-order valence-corrected chi connectivity index (χ3v) is 3.46. The van der Waals surface area contributed by atoms with E-state index in [4.69, 9.17) is 5.11 Å². The van der Waals surface area contributed by atoms with Crippen LogP contribution in [0.3, 0.4) is 0 Å². The van der Waals surface area contributed by atoms with Crippen LogP contribution in [0.5, 0.6) is 0 Å². The molecule has 0 aliphatic carbocycles. The Kier molecular flexibility index (Phi) is 6.02. The van der Waals surface area contributed by atoms with Crippen molar-refractivity contribution in [1.29, 1.82) is 0 Å². The maximum atomic E-state index is 12.0. The van der Waals surface area contributed by atoms with E-state index in [1.54, 1.807) is 0 Å². The topological polar surface area (TPSA) is 66.4 Å². The monoisotopic (exact) mass is 327 g/mol. The highest BCUT2D eigenvalue weighted by Gasteiger charge is 2.21. The van der Waals surface area contributed by atoms with Crippen molar-refractivity contribution >= 4 is 27.8 Å². The van der Waals surface area contributed by atoms with Crippen LogP contribution in [0.4, 0.5) is 0 Å². The molecule has 0 spiro atoms. The molecule has 1 amide bonds. The van der Waals surface area contributed by atoms with Crippen LogP contribution < -0.4 is 5.32 Å². The summed E-state index contributed by atoms with van der Waals surface area (Å²) in [4.78, 5) is 22.7. The van der Waals surface area contributed by atoms with E-state index in [2.05, 4.69) is 21.2 Å². The van der Waals surface area contributed by atoms with Gasteiger partial charge in [0.25, 0.3) is 0 Å². The van der Waals surface area contributed by atoms with Crippen LogP contribution in [0.2, 0.25) is 0 Å². The molecule has 0 saturated carbocycles. The summed E-state index contributed by atoms with van der Waals surface area (Å²) >= 11 is 3.39. The second kappa shape index (κ2) is 7.28. The third-order valence-electron chi connectivity index (χ3n) is 2.96. The Morgan fingerprint density at radius 3 is 2.63 bits per heavy atom. The molecule has 1 rings (SSSR count). The minimum absolute atomic E-state index is 0.211. The summed E-state index contributed by atoms with van der Waals surface area (Å²) in [6.07, 6.45) is 1.28. The predicted molar refractivity (Wildman–Crippen MR) is 76.9 cm³/mol. The fourth-order valence-electron chi connectivity index (χ4n) is 1.76. The van der Waals surface area contributed by atoms with Gasteiger partial charge in [-0.15, -0.1) is 0 Å². The van der Waals surface area contributed by atoms with Crippen molar-refractivity contribution in [3.63, 3.8) is 0 Å². The van der Waals surface area contributed by atoms with Gasteiger partial charge in [-0.1, -0.05) is 35.0 Å². The van der Waals surface area contributed by atoms with Crippen molar-refractivity contribution in [2.75, 3.05) is 0 Å². The van der Waals surface area contributed by atoms with Crippen LogP contribution in [0.1, 0.15) is 25.8 Å². The molecule has 2 atom stereocenters. The number of carbonyl (C=O) groups is 2. The summed E-state index contributed by atoms with van der Waals surface area (Å²) < 4.78 is 0.971. The molecule has 5 heteroatoms. The van der Waals surface area contributed by atoms with E-state index in [9.17, 15) is 9.59 Å². The zero-order valence-corrected chi connectivity index (χ0v) is 12.6. The lowest BCUT2D eigenvalue weighted by atomic mass is 9.96. The van der Waals surface area contributed by atoms with E-state index in [1.807, 2.05) is 31.2 Å². The molecular formula is C14H18BrNO3. The number of carbonyl (C=O) groups excluding carboxylic acids is 1. The predicted octanol–water partition coefficient (Wildman–Crippen LogP) is 2.61. The molecule has 2 N–H and O–H groups in total. The van der Waals surface area contributed by atoms with Crippen molar-refractivity contribution in [2.24, 2.45) is 5.92 Å². The number of nitrogens with one attached hydrogen (secondary N) is 1. The van der Waals surface area contributed by atoms with E-state index in [-0.39, 0.29) is 11.8 Å². The standard InChI is InChI=1S/C14H18BrNO3/c1-3-11(13(17)16-9(2)14(18)19)7-10-5-4-6-12(15)8-10/h4-6,8-9,11H,3,7H2,1-2H3,(H,16,17)(H,18,19)/t9-,11?/m1/s1. The number of rotatable bonds is 6. The molecule has 0 bridgehead atoms. The van der Waals surface area contributed by atoms with Gasteiger partial charge in [0, 0.05) is 10.4 Å². The highest BCUT2D eigenvalue weighted by Crippen LogP contribution is 2.17. The smallest absolute Gasteiger partial charge is 0.325 e. The van der Waals surface area contributed by atoms with Crippen molar-refractivity contribution < 1.29 is 14.7 Å². The number of benzene rings is 1. The van der Waals surface area contributed by atoms with Gasteiger partial charge in [0.05, 0.1) is 0 Å². The van der Waals surface area contributed by atoms with E-state index in [0.29, 0.717) is 12.8 Å². The lowest BCUT2D eigenvalue weighted by molar-refractivity contribution is -0.141. The summed E-state index contributed by atoms with van der Waals surface area (Å²) in [7, 11) is 0. The van der Waals surface area contributed by atoms with Crippen molar-refractivity contribution in [3.8, 4) is 0 Å². The Balaban J connectivity index is 2.67. The molecule has 0 radical (unpaired) electrons. The molecule has 1 aromatic carbocycles. The number of carboxylic acids is 1. The number of amides is 1. The van der Waals surface area contributed by atoms with Crippen LogP contribution in [0, 0.1) is 5.92 Å². The second-order valence-corrected chi connectivity index (χ2v) is 5.42. The van der Waals surface area contributed by atoms with Crippen LogP contribution in [-0.4, -0.2) is 23.0 Å². The van der Waals surface area contributed by atoms with E-state index >= 15 is 0 Å². The highest BCUT2D eigenvalue weighted by molar-refractivity contribution is 9.10. The van der Waals surface area contributed by atoms with Gasteiger partial charge >= 0.3 is 5.97 Å². The van der Waals surface area contributed by atoms with Gasteiger partial charge < -0.3 is 10.4 Å². The van der Waals surface area contributed by atoms with Crippen LogP contribution in [0.15, 0.2) is 28.7 Å². The largest absolute Gasteiger partial charge is 0.480 e. The van der Waals surface area contributed by atoms with Gasteiger partial charge in [0.2, 0.25) is 5.91 Å². The third kappa shape index (κ3) is 5.03. The summed E-state index contributed by atoms with van der Waals surface area (Å²) in [6, 6.07) is 6.92. The molecule has 0 heterocycles. The van der Waals surface area contributed by atoms with Crippen molar-refractivity contribution in [3.05, 3.63) is 34.3 Å². The van der Waals surface area contributed by atoms with Gasteiger partial charge in [0.1, 0.15) is 6.04 Å². The van der Waals surface area contributed by atoms with Crippen LogP contribution >= 0.6 is 15.9 Å². The Morgan fingerprint density at radius 2 is 2.11 bits per heavy atom. The lowest BCUT2D eigenvalue weighted by Crippen LogP contribution is -2.42. The number of hydrogen-bond donors (Lipinski definition) is 2. The van der Waals surface area contributed by atoms with Gasteiger partial charge in [-0.2, -0.15) is 0 Å². The molecule has 0 aromatic heterocycles. The average Bonchev–Trinajstić information content (AvgIpc) is 2.35. The van der Waals surface area contributed by atoms with Crippen molar-refractivity contribution in [1.82, 2.24) is 5.32 Å². The van der Waals surface area contributed by atoms with Crippen molar-refractivity contribution in [2.45, 2.75) is 32.7 Å². The molecule has 0 aliphatic heterocycles. The zero-order valence-electron chi connectivity index (χ0n) is 11.0. The molecule has 1 aromatic rings. The molecular weight excluding hydrogens is 310 g/mol. The summed E-state index contributed by atoms with van der Waals surface area (Å²) in [5.74, 6) is -1.45. The molecule has 0 aliphatic rings. The first-order chi connectivity index (χ1) is 8.93. The van der Waals surface area contributed by atoms with Crippen LogP contribution in [-0.2, 0) is 16.0 Å². The Morgan fingerprint density at radius 1 is 1.42 bits per heavy atom. The summed E-state index contributed by atoms with van der Waals surface area (Å²) in [5.41, 5.74) is 1.05. The Hall–Kier alpha value is -1.36. The summed E-state index contributed by atoms with van der Waals surface area (Å²) in [5, 5.41) is 11.3. The SMILES string of the molecule is CCC(Cc1cccc(Br)c1)C(=O)N[C@H](C)C(=O)O. The second-order valence-electron chi connectivity index (χ2n) is 4.51. The van der Waals surface area contributed by atoms with Gasteiger partial charge in [0.15, 0.2) is 0 Å². The lowest BCUT2D eigenvalue weighted by Gasteiger charge is -2.17. The maximum Gasteiger partial charge on any atom is 0.325 e. The first kappa shape index (κ1) is 15.7. The minimum atomic E-state index is -1.02. The quantitative estimate of drug-likeness (QED) is 0.844. The van der Waals surface area contributed by atoms with Gasteiger partial charge in [-0.05, 0) is 37.5 Å². The van der Waals surface area contributed by atoms with Gasteiger partial charge in [-0.3, -0.25) is 9.59 Å². The molecule has 4 nitrogen and oxygen atoms in total. The van der Waals surface area contributed by atoms with Gasteiger partial charge in [-0.25, -0.2) is 0 Å². The zero-order chi connectivity index (χ0) is 14.4. The number of halogens is 1.